The van der Waals surface area contributed by atoms with Crippen molar-refractivity contribution in [2.75, 3.05) is 4.90 Å². The summed E-state index contributed by atoms with van der Waals surface area (Å²) in [5.41, 5.74) is 1.90. The molecule has 0 saturated heterocycles. The van der Waals surface area contributed by atoms with Crippen molar-refractivity contribution in [2.45, 2.75) is 18.4 Å². The van der Waals surface area contributed by atoms with E-state index >= 15 is 4.39 Å². The third kappa shape index (κ3) is 3.05. The van der Waals surface area contributed by atoms with Gasteiger partial charge < -0.3 is 0 Å². The van der Waals surface area contributed by atoms with E-state index in [0.29, 0.717) is 30.0 Å². The molecule has 0 atom stereocenters. The highest BCUT2D eigenvalue weighted by Gasteiger charge is 2.62. The minimum atomic E-state index is -0.764. The SMILES string of the molecule is O=C1N(c2c(F)cc(C#Cc3ccccc3)cc2Cl)c2ncc(-c3ccccn3)n2C12CC2. The van der Waals surface area contributed by atoms with E-state index in [2.05, 4.69) is 21.8 Å². The second-order valence-corrected chi connectivity index (χ2v) is 8.48. The Kier molecular flexibility index (Phi) is 4.36. The second-order valence-electron chi connectivity index (χ2n) is 8.07. The molecule has 7 heteroatoms. The van der Waals surface area contributed by atoms with Gasteiger partial charge in [-0.1, -0.05) is 47.7 Å². The van der Waals surface area contributed by atoms with Crippen LogP contribution in [0.1, 0.15) is 24.0 Å². The number of imidazole rings is 1. The molecule has 1 aliphatic heterocycles. The van der Waals surface area contributed by atoms with Crippen LogP contribution in [-0.4, -0.2) is 20.4 Å². The van der Waals surface area contributed by atoms with Crippen molar-refractivity contribution in [1.82, 2.24) is 14.5 Å². The number of hydrogen-bond donors (Lipinski definition) is 0. The molecule has 2 aliphatic rings. The average Bonchev–Trinajstić information content (AvgIpc) is 3.47. The van der Waals surface area contributed by atoms with E-state index in [0.717, 1.165) is 11.3 Å². The van der Waals surface area contributed by atoms with E-state index in [-0.39, 0.29) is 16.6 Å². The molecule has 2 aromatic heterocycles. The third-order valence-electron chi connectivity index (χ3n) is 5.99. The largest absolute Gasteiger partial charge is 0.293 e. The summed E-state index contributed by atoms with van der Waals surface area (Å²) >= 11 is 6.51. The van der Waals surface area contributed by atoms with E-state index < -0.39 is 11.4 Å². The van der Waals surface area contributed by atoms with E-state index in [1.165, 1.54) is 11.0 Å². The topological polar surface area (TPSA) is 51.0 Å². The Morgan fingerprint density at radius 3 is 2.42 bits per heavy atom. The van der Waals surface area contributed by atoms with E-state index in [1.807, 2.05) is 53.1 Å². The van der Waals surface area contributed by atoms with E-state index in [1.54, 1.807) is 18.5 Å². The number of fused-ring (bicyclic) bond motifs is 2. The lowest BCUT2D eigenvalue weighted by Crippen LogP contribution is -2.31. The lowest BCUT2D eigenvalue weighted by molar-refractivity contribution is -0.120. The normalized spacial score (nSPS) is 15.3. The fourth-order valence-corrected chi connectivity index (χ4v) is 4.58. The molecule has 3 heterocycles. The maximum atomic E-state index is 15.4. The Balaban J connectivity index is 1.44. The number of amides is 1. The number of halogens is 2. The van der Waals surface area contributed by atoms with Crippen molar-refractivity contribution < 1.29 is 9.18 Å². The van der Waals surface area contributed by atoms with Gasteiger partial charge in [-0.05, 0) is 49.2 Å². The first-order chi connectivity index (χ1) is 16.1. The monoisotopic (exact) mass is 454 g/mol. The minimum absolute atomic E-state index is 0.00452. The summed E-state index contributed by atoms with van der Waals surface area (Å²) in [5, 5.41) is 0.104. The van der Waals surface area contributed by atoms with Gasteiger partial charge >= 0.3 is 0 Å². The molecule has 160 valence electrons. The van der Waals surface area contributed by atoms with Crippen LogP contribution in [0.15, 0.2) is 73.1 Å². The van der Waals surface area contributed by atoms with Crippen molar-refractivity contribution in [2.24, 2.45) is 0 Å². The zero-order valence-corrected chi connectivity index (χ0v) is 18.1. The van der Waals surface area contributed by atoms with Crippen LogP contribution in [0.5, 0.6) is 0 Å². The lowest BCUT2D eigenvalue weighted by Gasteiger charge is -2.18. The van der Waals surface area contributed by atoms with Gasteiger partial charge in [0.25, 0.3) is 5.91 Å². The van der Waals surface area contributed by atoms with Crippen LogP contribution >= 0.6 is 11.6 Å². The molecule has 1 amide bonds. The first kappa shape index (κ1) is 19.7. The number of rotatable bonds is 2. The van der Waals surface area contributed by atoms with Crippen LogP contribution < -0.4 is 4.90 Å². The highest BCUT2D eigenvalue weighted by Crippen LogP contribution is 2.56. The number of benzene rings is 2. The van der Waals surface area contributed by atoms with Gasteiger partial charge in [-0.2, -0.15) is 0 Å². The summed E-state index contributed by atoms with van der Waals surface area (Å²) in [7, 11) is 0. The Morgan fingerprint density at radius 1 is 0.970 bits per heavy atom. The van der Waals surface area contributed by atoms with Crippen molar-refractivity contribution in [1.29, 1.82) is 0 Å². The van der Waals surface area contributed by atoms with Crippen molar-refractivity contribution >= 4 is 29.1 Å². The molecule has 2 aromatic carbocycles. The van der Waals surface area contributed by atoms with Gasteiger partial charge in [-0.15, -0.1) is 0 Å². The van der Waals surface area contributed by atoms with Crippen LogP contribution in [0.2, 0.25) is 5.02 Å². The van der Waals surface area contributed by atoms with Crippen LogP contribution in [0.25, 0.3) is 11.4 Å². The lowest BCUT2D eigenvalue weighted by atomic mass is 10.1. The van der Waals surface area contributed by atoms with E-state index in [9.17, 15) is 4.79 Å². The number of hydrogen-bond acceptors (Lipinski definition) is 3. The van der Waals surface area contributed by atoms with Gasteiger partial charge in [0.05, 0.1) is 22.6 Å². The molecular weight excluding hydrogens is 439 g/mol. The smallest absolute Gasteiger partial charge is 0.260 e. The highest BCUT2D eigenvalue weighted by atomic mass is 35.5. The molecular formula is C26H16ClFN4O. The summed E-state index contributed by atoms with van der Waals surface area (Å²) in [5.74, 6) is 5.43. The van der Waals surface area contributed by atoms with Crippen molar-refractivity contribution in [3.05, 3.63) is 95.0 Å². The fourth-order valence-electron chi connectivity index (χ4n) is 4.29. The first-order valence-electron chi connectivity index (χ1n) is 10.5. The predicted octanol–water partition coefficient (Wildman–Crippen LogP) is 5.30. The Hall–Kier alpha value is -3.95. The number of aromatic nitrogens is 3. The van der Waals surface area contributed by atoms with Gasteiger partial charge in [0.2, 0.25) is 5.95 Å². The third-order valence-corrected chi connectivity index (χ3v) is 6.28. The molecule has 0 unspecified atom stereocenters. The second kappa shape index (κ2) is 7.29. The molecule has 1 fully saturated rings. The molecule has 4 aromatic rings. The van der Waals surface area contributed by atoms with E-state index in [4.69, 9.17) is 11.6 Å². The van der Waals surface area contributed by atoms with Crippen LogP contribution in [0, 0.1) is 17.7 Å². The van der Waals surface area contributed by atoms with Gasteiger partial charge in [-0.25, -0.2) is 14.3 Å². The van der Waals surface area contributed by atoms with Crippen molar-refractivity contribution in [3.63, 3.8) is 0 Å². The molecule has 1 aliphatic carbocycles. The average molecular weight is 455 g/mol. The maximum absolute atomic E-state index is 15.4. The van der Waals surface area contributed by atoms with Gasteiger partial charge in [0, 0.05) is 17.3 Å². The molecule has 33 heavy (non-hydrogen) atoms. The van der Waals surface area contributed by atoms with Crippen LogP contribution in [-0.2, 0) is 10.3 Å². The molecule has 1 saturated carbocycles. The molecule has 5 nitrogen and oxygen atoms in total. The number of pyridine rings is 1. The standard InChI is InChI=1S/C26H16ClFN4O/c27-19-14-18(10-9-17-6-2-1-3-7-17)15-20(28)23(19)31-24(33)26(11-12-26)32-22(16-30-25(31)32)21-8-4-5-13-29-21/h1-8,13-16H,11-12H2. The summed E-state index contributed by atoms with van der Waals surface area (Å²) in [6, 6.07) is 17.9. The van der Waals surface area contributed by atoms with Gasteiger partial charge in [0.15, 0.2) is 0 Å². The number of anilines is 2. The number of carbonyl (C=O) groups excluding carboxylic acids is 1. The molecule has 0 bridgehead atoms. The minimum Gasteiger partial charge on any atom is -0.293 e. The Bertz CT molecular complexity index is 1440. The van der Waals surface area contributed by atoms with Crippen LogP contribution in [0.3, 0.4) is 0 Å². The van der Waals surface area contributed by atoms with Crippen LogP contribution in [0.4, 0.5) is 16.0 Å². The van der Waals surface area contributed by atoms with Crippen molar-refractivity contribution in [3.8, 4) is 23.2 Å². The molecule has 0 N–H and O–H groups in total. The number of carbonyl (C=O) groups is 1. The molecule has 0 radical (unpaired) electrons. The first-order valence-corrected chi connectivity index (χ1v) is 10.9. The Labute approximate surface area is 194 Å². The summed E-state index contributed by atoms with van der Waals surface area (Å²) in [4.78, 5) is 23.7. The summed E-state index contributed by atoms with van der Waals surface area (Å²) in [6.45, 7) is 0. The summed E-state index contributed by atoms with van der Waals surface area (Å²) < 4.78 is 17.2. The molecule has 6 rings (SSSR count). The quantitative estimate of drug-likeness (QED) is 0.386. The Morgan fingerprint density at radius 2 is 1.73 bits per heavy atom. The van der Waals surface area contributed by atoms with Gasteiger partial charge in [0.1, 0.15) is 17.0 Å². The van der Waals surface area contributed by atoms with Gasteiger partial charge in [-0.3, -0.25) is 14.3 Å². The predicted molar refractivity (Wildman–Crippen MR) is 124 cm³/mol. The maximum Gasteiger partial charge on any atom is 0.260 e. The summed E-state index contributed by atoms with van der Waals surface area (Å²) in [6.07, 6.45) is 4.68. The zero-order chi connectivity index (χ0) is 22.6. The highest BCUT2D eigenvalue weighted by molar-refractivity contribution is 6.34. The molecule has 1 spiro atoms. The number of nitrogens with zero attached hydrogens (tertiary/aromatic N) is 4. The zero-order valence-electron chi connectivity index (χ0n) is 17.3. The fraction of sp³-hybridized carbons (Fsp3) is 0.115.